The average molecular weight is 252 g/mol. The van der Waals surface area contributed by atoms with Crippen LogP contribution in [0.5, 0.6) is 0 Å². The highest BCUT2D eigenvalue weighted by molar-refractivity contribution is 5.78. The molecule has 3 N–H and O–H groups in total. The minimum Gasteiger partial charge on any atom is -0.370 e. The smallest absolute Gasteiger partial charge is 0.188 e. The van der Waals surface area contributed by atoms with Crippen LogP contribution >= 0.6 is 0 Å². The van der Waals surface area contributed by atoms with Crippen molar-refractivity contribution in [3.05, 3.63) is 0 Å². The molecule has 0 aromatic rings. The van der Waals surface area contributed by atoms with Gasteiger partial charge < -0.3 is 11.1 Å². The van der Waals surface area contributed by atoms with Gasteiger partial charge in [0.15, 0.2) is 5.96 Å². The van der Waals surface area contributed by atoms with Gasteiger partial charge in [0.1, 0.15) is 0 Å². The van der Waals surface area contributed by atoms with Crippen molar-refractivity contribution in [2.75, 3.05) is 19.6 Å². The minimum absolute atomic E-state index is 0.522. The Kier molecular flexibility index (Phi) is 5.29. The molecule has 2 rings (SSSR count). The predicted molar refractivity (Wildman–Crippen MR) is 76.8 cm³/mol. The van der Waals surface area contributed by atoms with Gasteiger partial charge >= 0.3 is 0 Å². The minimum atomic E-state index is 0.522. The molecule has 4 nitrogen and oxygen atoms in total. The van der Waals surface area contributed by atoms with Crippen LogP contribution in [0.1, 0.15) is 51.9 Å². The van der Waals surface area contributed by atoms with Crippen molar-refractivity contribution in [3.63, 3.8) is 0 Å². The Balaban J connectivity index is 1.70. The number of rotatable bonds is 4. The Morgan fingerprint density at radius 2 is 1.89 bits per heavy atom. The van der Waals surface area contributed by atoms with Crippen LogP contribution in [-0.4, -0.2) is 42.6 Å². The number of nitrogens with two attached hydrogens (primary N) is 1. The molecular weight excluding hydrogens is 224 g/mol. The average Bonchev–Trinajstić information content (AvgIpc) is 2.90. The number of nitrogens with zero attached hydrogens (tertiary/aromatic N) is 2. The van der Waals surface area contributed by atoms with E-state index in [0.29, 0.717) is 18.0 Å². The number of nitrogens with one attached hydrogen (secondary N) is 1. The molecule has 1 aliphatic carbocycles. The molecule has 1 saturated heterocycles. The number of likely N-dealkylation sites (tertiary alicyclic amines) is 1. The van der Waals surface area contributed by atoms with Gasteiger partial charge in [0.25, 0.3) is 0 Å². The van der Waals surface area contributed by atoms with Crippen LogP contribution in [0.15, 0.2) is 4.99 Å². The van der Waals surface area contributed by atoms with Crippen LogP contribution in [0.4, 0.5) is 0 Å². The lowest BCUT2D eigenvalue weighted by Crippen LogP contribution is -2.42. The number of hydrogen-bond acceptors (Lipinski definition) is 2. The molecular formula is C14H28N4. The lowest BCUT2D eigenvalue weighted by molar-refractivity contribution is 0.178. The summed E-state index contributed by atoms with van der Waals surface area (Å²) in [5, 5.41) is 3.35. The van der Waals surface area contributed by atoms with Crippen molar-refractivity contribution in [1.29, 1.82) is 0 Å². The number of piperidine rings is 1. The summed E-state index contributed by atoms with van der Waals surface area (Å²) in [6, 6.07) is 1.09. The Labute approximate surface area is 111 Å². The number of guanidine groups is 1. The first-order chi connectivity index (χ1) is 8.75. The molecule has 0 amide bonds. The summed E-state index contributed by atoms with van der Waals surface area (Å²) >= 11 is 0. The van der Waals surface area contributed by atoms with Crippen LogP contribution in [-0.2, 0) is 0 Å². The second-order valence-electron chi connectivity index (χ2n) is 5.80. The zero-order valence-electron chi connectivity index (χ0n) is 11.7. The zero-order valence-corrected chi connectivity index (χ0v) is 11.7. The van der Waals surface area contributed by atoms with Gasteiger partial charge in [0, 0.05) is 12.1 Å². The molecule has 1 heterocycles. The molecule has 1 aliphatic heterocycles. The van der Waals surface area contributed by atoms with Crippen LogP contribution in [0.25, 0.3) is 0 Å². The second kappa shape index (κ2) is 6.98. The van der Waals surface area contributed by atoms with Gasteiger partial charge in [-0.2, -0.15) is 0 Å². The highest BCUT2D eigenvalue weighted by Crippen LogP contribution is 2.17. The maximum absolute atomic E-state index is 5.95. The fraction of sp³-hybridized carbons (Fsp3) is 0.929. The topological polar surface area (TPSA) is 53.6 Å². The third-order valence-electron chi connectivity index (χ3n) is 4.25. The molecule has 2 aliphatic rings. The SMILES string of the molecule is CC(CN=C(N)NC1CCCC1)N1CCCCC1. The summed E-state index contributed by atoms with van der Waals surface area (Å²) in [5.41, 5.74) is 5.95. The molecule has 1 unspecified atom stereocenters. The van der Waals surface area contributed by atoms with Crippen molar-refractivity contribution in [2.24, 2.45) is 10.7 Å². The Bertz CT molecular complexity index is 265. The normalized spacial score (nSPS) is 25.3. The summed E-state index contributed by atoms with van der Waals surface area (Å²) in [4.78, 5) is 7.04. The molecule has 4 heteroatoms. The standard InChI is InChI=1S/C14H28N4/c1-12(18-9-5-2-6-10-18)11-16-14(15)17-13-7-3-4-8-13/h12-13H,2-11H2,1H3,(H3,15,16,17). The van der Waals surface area contributed by atoms with E-state index >= 15 is 0 Å². The molecule has 1 saturated carbocycles. The molecule has 18 heavy (non-hydrogen) atoms. The second-order valence-corrected chi connectivity index (χ2v) is 5.80. The molecule has 0 aromatic carbocycles. The van der Waals surface area contributed by atoms with Gasteiger partial charge in [-0.25, -0.2) is 0 Å². The van der Waals surface area contributed by atoms with Crippen molar-refractivity contribution >= 4 is 5.96 Å². The van der Waals surface area contributed by atoms with Crippen LogP contribution in [0.2, 0.25) is 0 Å². The number of hydrogen-bond donors (Lipinski definition) is 2. The first-order valence-corrected chi connectivity index (χ1v) is 7.56. The predicted octanol–water partition coefficient (Wildman–Crippen LogP) is 1.71. The zero-order chi connectivity index (χ0) is 12.8. The van der Waals surface area contributed by atoms with E-state index in [4.69, 9.17) is 5.73 Å². The van der Waals surface area contributed by atoms with E-state index in [0.717, 1.165) is 6.54 Å². The Hall–Kier alpha value is -0.770. The van der Waals surface area contributed by atoms with Gasteiger partial charge in [0.2, 0.25) is 0 Å². The summed E-state index contributed by atoms with van der Waals surface area (Å²) in [6.45, 7) is 5.54. The van der Waals surface area contributed by atoms with Crippen molar-refractivity contribution in [3.8, 4) is 0 Å². The Morgan fingerprint density at radius 1 is 1.22 bits per heavy atom. The van der Waals surface area contributed by atoms with Gasteiger partial charge in [-0.1, -0.05) is 19.3 Å². The third-order valence-corrected chi connectivity index (χ3v) is 4.25. The molecule has 104 valence electrons. The first-order valence-electron chi connectivity index (χ1n) is 7.56. The fourth-order valence-electron chi connectivity index (χ4n) is 3.03. The monoisotopic (exact) mass is 252 g/mol. The van der Waals surface area contributed by atoms with Crippen LogP contribution in [0, 0.1) is 0 Å². The summed E-state index contributed by atoms with van der Waals surface area (Å²) in [7, 11) is 0. The highest BCUT2D eigenvalue weighted by Gasteiger charge is 2.17. The van der Waals surface area contributed by atoms with E-state index in [1.807, 2.05) is 0 Å². The van der Waals surface area contributed by atoms with Gasteiger partial charge in [-0.15, -0.1) is 0 Å². The van der Waals surface area contributed by atoms with E-state index in [2.05, 4.69) is 22.1 Å². The van der Waals surface area contributed by atoms with Gasteiger partial charge in [-0.3, -0.25) is 9.89 Å². The van der Waals surface area contributed by atoms with E-state index < -0.39 is 0 Å². The van der Waals surface area contributed by atoms with Crippen molar-refractivity contribution in [1.82, 2.24) is 10.2 Å². The molecule has 0 aromatic heterocycles. The molecule has 0 bridgehead atoms. The quantitative estimate of drug-likeness (QED) is 0.591. The van der Waals surface area contributed by atoms with Crippen LogP contribution in [0.3, 0.4) is 0 Å². The van der Waals surface area contributed by atoms with E-state index in [9.17, 15) is 0 Å². The van der Waals surface area contributed by atoms with E-state index in [1.54, 1.807) is 0 Å². The molecule has 0 radical (unpaired) electrons. The lowest BCUT2D eigenvalue weighted by Gasteiger charge is -2.31. The van der Waals surface area contributed by atoms with Crippen LogP contribution < -0.4 is 11.1 Å². The summed E-state index contributed by atoms with van der Waals surface area (Å²) in [6.07, 6.45) is 9.21. The largest absolute Gasteiger partial charge is 0.370 e. The van der Waals surface area contributed by atoms with E-state index in [-0.39, 0.29) is 0 Å². The van der Waals surface area contributed by atoms with E-state index in [1.165, 1.54) is 58.0 Å². The van der Waals surface area contributed by atoms with Crippen molar-refractivity contribution < 1.29 is 0 Å². The fourth-order valence-corrected chi connectivity index (χ4v) is 3.03. The molecule has 2 fully saturated rings. The maximum atomic E-state index is 5.95. The number of aliphatic imine (C=N–C) groups is 1. The summed E-state index contributed by atoms with van der Waals surface area (Å²) in [5.74, 6) is 0.644. The molecule has 0 spiro atoms. The Morgan fingerprint density at radius 3 is 2.56 bits per heavy atom. The lowest BCUT2D eigenvalue weighted by atomic mass is 10.1. The van der Waals surface area contributed by atoms with Gasteiger partial charge in [-0.05, 0) is 45.7 Å². The molecule has 1 atom stereocenters. The third kappa shape index (κ3) is 4.16. The van der Waals surface area contributed by atoms with Gasteiger partial charge in [0.05, 0.1) is 6.54 Å². The maximum Gasteiger partial charge on any atom is 0.188 e. The summed E-state index contributed by atoms with van der Waals surface area (Å²) < 4.78 is 0. The van der Waals surface area contributed by atoms with Crippen molar-refractivity contribution in [2.45, 2.75) is 64.0 Å². The first kappa shape index (κ1) is 13.7. The highest BCUT2D eigenvalue weighted by atomic mass is 15.2.